The molecule has 5 heteroatoms. The van der Waals surface area contributed by atoms with Crippen LogP contribution in [0.1, 0.15) is 19.4 Å². The van der Waals surface area contributed by atoms with E-state index >= 15 is 0 Å². The number of aryl methyl sites for hydroxylation is 1. The zero-order valence-corrected chi connectivity index (χ0v) is 12.1. The summed E-state index contributed by atoms with van der Waals surface area (Å²) in [5, 5.41) is 0.555. The van der Waals surface area contributed by atoms with Gasteiger partial charge in [0.05, 0.1) is 17.2 Å². The van der Waals surface area contributed by atoms with Crippen LogP contribution < -0.4 is 5.56 Å². The van der Waals surface area contributed by atoms with Crippen LogP contribution in [-0.2, 0) is 11.3 Å². The van der Waals surface area contributed by atoms with Gasteiger partial charge in [-0.15, -0.1) is 0 Å². The first-order valence-corrected chi connectivity index (χ1v) is 6.80. The molecule has 1 heterocycles. The first kappa shape index (κ1) is 14.2. The Hall–Kier alpha value is -2.17. The molecule has 0 aliphatic heterocycles. The van der Waals surface area contributed by atoms with Crippen molar-refractivity contribution in [3.63, 3.8) is 0 Å². The standard InChI is InChI=1S/C15H19N3O2/c1-4-17(5-2)14(19)9-18-10-16-13-7-6-11(3)8-12(13)15(18)20/h6-8,10H,4-5,9H2,1-3H3. The highest BCUT2D eigenvalue weighted by Crippen LogP contribution is 2.08. The maximum Gasteiger partial charge on any atom is 0.261 e. The van der Waals surface area contributed by atoms with E-state index in [1.165, 1.54) is 10.9 Å². The van der Waals surface area contributed by atoms with Crippen LogP contribution in [0.15, 0.2) is 29.3 Å². The average molecular weight is 273 g/mol. The molecule has 5 nitrogen and oxygen atoms in total. The van der Waals surface area contributed by atoms with Crippen LogP contribution in [-0.4, -0.2) is 33.4 Å². The highest BCUT2D eigenvalue weighted by Gasteiger charge is 2.12. The molecule has 0 radical (unpaired) electrons. The van der Waals surface area contributed by atoms with Crippen LogP contribution in [0.3, 0.4) is 0 Å². The van der Waals surface area contributed by atoms with Gasteiger partial charge in [0.25, 0.3) is 5.56 Å². The van der Waals surface area contributed by atoms with Crippen molar-refractivity contribution in [2.75, 3.05) is 13.1 Å². The molecule has 0 bridgehead atoms. The third-order valence-electron chi connectivity index (χ3n) is 3.40. The molecular formula is C15H19N3O2. The monoisotopic (exact) mass is 273 g/mol. The summed E-state index contributed by atoms with van der Waals surface area (Å²) in [7, 11) is 0. The molecule has 0 saturated heterocycles. The zero-order chi connectivity index (χ0) is 14.7. The van der Waals surface area contributed by atoms with Crippen molar-refractivity contribution in [2.45, 2.75) is 27.3 Å². The van der Waals surface area contributed by atoms with Gasteiger partial charge in [-0.05, 0) is 32.9 Å². The molecule has 2 rings (SSSR count). The maximum atomic E-state index is 12.4. The van der Waals surface area contributed by atoms with E-state index < -0.39 is 0 Å². The van der Waals surface area contributed by atoms with E-state index in [1.807, 2.05) is 39.0 Å². The Morgan fingerprint density at radius 3 is 2.65 bits per heavy atom. The number of carbonyl (C=O) groups is 1. The Bertz CT molecular complexity index is 687. The lowest BCUT2D eigenvalue weighted by atomic mass is 10.2. The normalized spacial score (nSPS) is 10.8. The first-order valence-electron chi connectivity index (χ1n) is 6.80. The van der Waals surface area contributed by atoms with Gasteiger partial charge < -0.3 is 4.90 Å². The molecule has 0 N–H and O–H groups in total. The lowest BCUT2D eigenvalue weighted by molar-refractivity contribution is -0.131. The van der Waals surface area contributed by atoms with Gasteiger partial charge in [-0.3, -0.25) is 14.2 Å². The molecule has 1 amide bonds. The van der Waals surface area contributed by atoms with Crippen molar-refractivity contribution in [3.8, 4) is 0 Å². The second-order valence-electron chi connectivity index (χ2n) is 4.76. The predicted molar refractivity (Wildman–Crippen MR) is 78.7 cm³/mol. The van der Waals surface area contributed by atoms with Crippen molar-refractivity contribution >= 4 is 16.8 Å². The quantitative estimate of drug-likeness (QED) is 0.849. The van der Waals surface area contributed by atoms with Crippen molar-refractivity contribution in [2.24, 2.45) is 0 Å². The summed E-state index contributed by atoms with van der Waals surface area (Å²) in [5.41, 5.74) is 1.50. The summed E-state index contributed by atoms with van der Waals surface area (Å²) in [6.45, 7) is 7.10. The van der Waals surface area contributed by atoms with E-state index in [-0.39, 0.29) is 18.0 Å². The number of hydrogen-bond acceptors (Lipinski definition) is 3. The topological polar surface area (TPSA) is 55.2 Å². The van der Waals surface area contributed by atoms with Gasteiger partial charge in [-0.1, -0.05) is 11.6 Å². The third-order valence-corrected chi connectivity index (χ3v) is 3.40. The van der Waals surface area contributed by atoms with Crippen molar-refractivity contribution in [1.29, 1.82) is 0 Å². The Morgan fingerprint density at radius 2 is 2.00 bits per heavy atom. The number of carbonyl (C=O) groups excluding carboxylic acids is 1. The Labute approximate surface area is 117 Å². The highest BCUT2D eigenvalue weighted by atomic mass is 16.2. The van der Waals surface area contributed by atoms with Gasteiger partial charge in [0.1, 0.15) is 6.54 Å². The fraction of sp³-hybridized carbons (Fsp3) is 0.400. The Kier molecular flexibility index (Phi) is 4.17. The summed E-state index contributed by atoms with van der Waals surface area (Å²) < 4.78 is 1.38. The largest absolute Gasteiger partial charge is 0.342 e. The zero-order valence-electron chi connectivity index (χ0n) is 12.1. The number of likely N-dealkylation sites (N-methyl/N-ethyl adjacent to an activating group) is 1. The molecule has 0 fully saturated rings. The fourth-order valence-electron chi connectivity index (χ4n) is 2.21. The molecule has 106 valence electrons. The maximum absolute atomic E-state index is 12.4. The fourth-order valence-corrected chi connectivity index (χ4v) is 2.21. The molecule has 1 aromatic carbocycles. The molecule has 20 heavy (non-hydrogen) atoms. The Morgan fingerprint density at radius 1 is 1.30 bits per heavy atom. The van der Waals surface area contributed by atoms with Crippen LogP contribution in [0, 0.1) is 6.92 Å². The highest BCUT2D eigenvalue weighted by molar-refractivity contribution is 5.79. The second-order valence-corrected chi connectivity index (χ2v) is 4.76. The molecule has 0 aliphatic carbocycles. The van der Waals surface area contributed by atoms with Crippen molar-refractivity contribution in [3.05, 3.63) is 40.4 Å². The summed E-state index contributed by atoms with van der Waals surface area (Å²) in [6, 6.07) is 5.55. The van der Waals surface area contributed by atoms with Crippen LogP contribution in [0.4, 0.5) is 0 Å². The smallest absolute Gasteiger partial charge is 0.261 e. The first-order chi connectivity index (χ1) is 9.56. The van der Waals surface area contributed by atoms with Gasteiger partial charge >= 0.3 is 0 Å². The minimum atomic E-state index is -0.167. The van der Waals surface area contributed by atoms with Crippen LogP contribution in [0.25, 0.3) is 10.9 Å². The van der Waals surface area contributed by atoms with Crippen LogP contribution in [0.2, 0.25) is 0 Å². The molecule has 0 saturated carbocycles. The van der Waals surface area contributed by atoms with Gasteiger partial charge in [-0.2, -0.15) is 0 Å². The number of hydrogen-bond donors (Lipinski definition) is 0. The molecule has 1 aromatic heterocycles. The molecule has 0 unspecified atom stereocenters. The lowest BCUT2D eigenvalue weighted by Gasteiger charge is -2.19. The van der Waals surface area contributed by atoms with E-state index in [2.05, 4.69) is 4.98 Å². The van der Waals surface area contributed by atoms with Crippen LogP contribution in [0.5, 0.6) is 0 Å². The molecule has 0 aliphatic rings. The molecule has 0 spiro atoms. The van der Waals surface area contributed by atoms with Crippen molar-refractivity contribution < 1.29 is 4.79 Å². The number of aromatic nitrogens is 2. The number of nitrogens with zero attached hydrogens (tertiary/aromatic N) is 3. The van der Waals surface area contributed by atoms with Crippen molar-refractivity contribution in [1.82, 2.24) is 14.5 Å². The SMILES string of the molecule is CCN(CC)C(=O)Cn1cnc2ccc(C)cc2c1=O. The van der Waals surface area contributed by atoms with E-state index in [0.717, 1.165) is 5.56 Å². The lowest BCUT2D eigenvalue weighted by Crippen LogP contribution is -2.36. The Balaban J connectivity index is 2.39. The minimum Gasteiger partial charge on any atom is -0.342 e. The summed E-state index contributed by atoms with van der Waals surface area (Å²) in [5.74, 6) is -0.0640. The van der Waals surface area contributed by atoms with Gasteiger partial charge in [0.15, 0.2) is 0 Å². The number of rotatable bonds is 4. The number of amides is 1. The van der Waals surface area contributed by atoms with E-state index in [1.54, 1.807) is 4.90 Å². The number of benzene rings is 1. The predicted octanol–water partition coefficient (Wildman–Crippen LogP) is 1.57. The summed E-state index contributed by atoms with van der Waals surface area (Å²) >= 11 is 0. The molecular weight excluding hydrogens is 254 g/mol. The number of fused-ring (bicyclic) bond motifs is 1. The summed E-state index contributed by atoms with van der Waals surface area (Å²) in [4.78, 5) is 30.4. The van der Waals surface area contributed by atoms with Gasteiger partial charge in [0.2, 0.25) is 5.91 Å². The third kappa shape index (κ3) is 2.71. The van der Waals surface area contributed by atoms with E-state index in [0.29, 0.717) is 24.0 Å². The minimum absolute atomic E-state index is 0.0391. The van der Waals surface area contributed by atoms with E-state index in [4.69, 9.17) is 0 Å². The average Bonchev–Trinajstić information content (AvgIpc) is 2.44. The molecule has 0 atom stereocenters. The molecule has 2 aromatic rings. The van der Waals surface area contributed by atoms with Crippen LogP contribution >= 0.6 is 0 Å². The van der Waals surface area contributed by atoms with E-state index in [9.17, 15) is 9.59 Å². The summed E-state index contributed by atoms with van der Waals surface area (Å²) in [6.07, 6.45) is 1.45. The van der Waals surface area contributed by atoms with Gasteiger partial charge in [-0.25, -0.2) is 4.98 Å². The van der Waals surface area contributed by atoms with Gasteiger partial charge in [0, 0.05) is 13.1 Å². The second kappa shape index (κ2) is 5.86.